The van der Waals surface area contributed by atoms with Crippen molar-refractivity contribution in [2.24, 2.45) is 7.05 Å². The van der Waals surface area contributed by atoms with Crippen molar-refractivity contribution in [2.75, 3.05) is 19.7 Å². The number of carbonyl (C=O) groups is 2. The van der Waals surface area contributed by atoms with Gasteiger partial charge in [0, 0.05) is 26.0 Å². The average molecular weight is 344 g/mol. The highest BCUT2D eigenvalue weighted by Crippen LogP contribution is 2.24. The topological polar surface area (TPSA) is 85.5 Å². The first kappa shape index (κ1) is 15.8. The zero-order chi connectivity index (χ0) is 17.4. The summed E-state index contributed by atoms with van der Waals surface area (Å²) in [5, 5.41) is 5.69. The molecule has 9 heteroatoms. The lowest BCUT2D eigenvalue weighted by Gasteiger charge is -2.36. The molecule has 1 atom stereocenters. The smallest absolute Gasteiger partial charge is 0.274 e. The van der Waals surface area contributed by atoms with Crippen LogP contribution in [-0.4, -0.2) is 60.8 Å². The van der Waals surface area contributed by atoms with Crippen molar-refractivity contribution in [3.63, 3.8) is 0 Å². The molecule has 2 amide bonds. The third-order valence-corrected chi connectivity index (χ3v) is 4.54. The minimum absolute atomic E-state index is 0.164. The number of aryl methyl sites for hydroxylation is 1. The van der Waals surface area contributed by atoms with Crippen LogP contribution in [0.5, 0.6) is 0 Å². The van der Waals surface area contributed by atoms with Gasteiger partial charge in [-0.1, -0.05) is 0 Å². The van der Waals surface area contributed by atoms with Gasteiger partial charge in [-0.25, -0.2) is 10.0 Å². The Morgan fingerprint density at radius 2 is 2.20 bits per heavy atom. The molecule has 0 aromatic carbocycles. The largest absolute Gasteiger partial charge is 0.340 e. The predicted molar refractivity (Wildman–Crippen MR) is 86.1 cm³/mol. The summed E-state index contributed by atoms with van der Waals surface area (Å²) in [6, 6.07) is 1.25. The van der Waals surface area contributed by atoms with Crippen molar-refractivity contribution >= 4 is 11.8 Å². The molecule has 2 aliphatic heterocycles. The van der Waals surface area contributed by atoms with Gasteiger partial charge in [-0.2, -0.15) is 5.10 Å². The molecule has 132 valence electrons. The van der Waals surface area contributed by atoms with Crippen LogP contribution in [0.25, 0.3) is 0 Å². The molecule has 9 nitrogen and oxygen atoms in total. The van der Waals surface area contributed by atoms with Gasteiger partial charge < -0.3 is 9.47 Å². The minimum Gasteiger partial charge on any atom is -0.340 e. The van der Waals surface area contributed by atoms with Gasteiger partial charge in [0.05, 0.1) is 31.7 Å². The van der Waals surface area contributed by atoms with E-state index in [1.54, 1.807) is 32.9 Å². The zero-order valence-corrected chi connectivity index (χ0v) is 14.0. The number of aromatic nitrogens is 4. The van der Waals surface area contributed by atoms with Crippen LogP contribution < -0.4 is 0 Å². The van der Waals surface area contributed by atoms with Crippen molar-refractivity contribution in [1.29, 1.82) is 0 Å². The first-order chi connectivity index (χ1) is 12.1. The van der Waals surface area contributed by atoms with Gasteiger partial charge in [0.2, 0.25) is 0 Å². The van der Waals surface area contributed by atoms with E-state index in [2.05, 4.69) is 10.1 Å². The molecule has 0 spiro atoms. The maximum atomic E-state index is 12.9. The molecular formula is C16H20N6O3. The number of imidazole rings is 1. The summed E-state index contributed by atoms with van der Waals surface area (Å²) >= 11 is 0. The summed E-state index contributed by atoms with van der Waals surface area (Å²) in [6.45, 7) is 1.77. The fraction of sp³-hybridized carbons (Fsp3) is 0.500. The van der Waals surface area contributed by atoms with Gasteiger partial charge in [0.1, 0.15) is 5.69 Å². The molecule has 0 unspecified atom stereocenters. The van der Waals surface area contributed by atoms with E-state index in [1.165, 1.54) is 5.06 Å². The van der Waals surface area contributed by atoms with E-state index in [0.717, 1.165) is 18.5 Å². The number of hydrogen-bond donors (Lipinski definition) is 0. The molecule has 2 aliphatic rings. The summed E-state index contributed by atoms with van der Waals surface area (Å²) in [6.07, 6.45) is 6.79. The van der Waals surface area contributed by atoms with E-state index in [9.17, 15) is 9.59 Å². The lowest BCUT2D eigenvalue weighted by molar-refractivity contribution is -0.201. The molecule has 1 fully saturated rings. The van der Waals surface area contributed by atoms with Gasteiger partial charge in [-0.15, -0.1) is 0 Å². The molecule has 0 aliphatic carbocycles. The number of amides is 2. The third kappa shape index (κ3) is 2.91. The Bertz CT molecular complexity index is 791. The first-order valence-electron chi connectivity index (χ1n) is 8.37. The molecule has 4 heterocycles. The van der Waals surface area contributed by atoms with Gasteiger partial charge in [-0.05, 0) is 18.9 Å². The Labute approximate surface area is 144 Å². The second-order valence-corrected chi connectivity index (χ2v) is 6.37. The second-order valence-electron chi connectivity index (χ2n) is 6.37. The van der Waals surface area contributed by atoms with Gasteiger partial charge >= 0.3 is 0 Å². The number of rotatable bonds is 2. The first-order valence-corrected chi connectivity index (χ1v) is 8.37. The number of nitrogens with zero attached hydrogens (tertiary/aromatic N) is 6. The Morgan fingerprint density at radius 1 is 1.32 bits per heavy atom. The minimum atomic E-state index is -0.579. The van der Waals surface area contributed by atoms with Crippen molar-refractivity contribution in [2.45, 2.75) is 25.4 Å². The fourth-order valence-electron chi connectivity index (χ4n) is 3.25. The van der Waals surface area contributed by atoms with Crippen LogP contribution in [0.2, 0.25) is 0 Å². The lowest BCUT2D eigenvalue weighted by Crippen LogP contribution is -2.49. The van der Waals surface area contributed by atoms with E-state index < -0.39 is 6.04 Å². The molecular weight excluding hydrogens is 324 g/mol. The Balaban J connectivity index is 1.59. The summed E-state index contributed by atoms with van der Waals surface area (Å²) in [5.41, 5.74) is 1.20. The molecule has 1 saturated heterocycles. The maximum Gasteiger partial charge on any atom is 0.274 e. The number of fused-ring (bicyclic) bond motifs is 1. The summed E-state index contributed by atoms with van der Waals surface area (Å²) in [7, 11) is 1.81. The van der Waals surface area contributed by atoms with Crippen LogP contribution in [0.1, 0.15) is 35.1 Å². The zero-order valence-electron chi connectivity index (χ0n) is 14.0. The van der Waals surface area contributed by atoms with Crippen LogP contribution in [0.15, 0.2) is 24.8 Å². The molecule has 0 N–H and O–H groups in total. The molecule has 0 radical (unpaired) electrons. The Hall–Kier alpha value is -2.68. The number of hydrogen-bond acceptors (Lipinski definition) is 5. The molecule has 2 aromatic rings. The van der Waals surface area contributed by atoms with E-state index >= 15 is 0 Å². The SMILES string of the molecule is Cn1cnc(C(=O)N2Cc3ccnn3[C@H](C(=O)N3CCCCO3)C2)c1. The van der Waals surface area contributed by atoms with Crippen LogP contribution in [-0.2, 0) is 23.2 Å². The third-order valence-electron chi connectivity index (χ3n) is 4.54. The lowest BCUT2D eigenvalue weighted by atomic mass is 10.1. The van der Waals surface area contributed by atoms with Crippen molar-refractivity contribution in [1.82, 2.24) is 29.3 Å². The summed E-state index contributed by atoms with van der Waals surface area (Å²) in [5.74, 6) is -0.353. The summed E-state index contributed by atoms with van der Waals surface area (Å²) in [4.78, 5) is 36.9. The van der Waals surface area contributed by atoms with Gasteiger partial charge in [0.15, 0.2) is 6.04 Å². The number of carbonyl (C=O) groups excluding carboxylic acids is 2. The van der Waals surface area contributed by atoms with Gasteiger partial charge in [0.25, 0.3) is 11.8 Å². The van der Waals surface area contributed by atoms with E-state index in [0.29, 0.717) is 25.4 Å². The highest BCUT2D eigenvalue weighted by atomic mass is 16.7. The van der Waals surface area contributed by atoms with Crippen LogP contribution in [0.4, 0.5) is 0 Å². The monoisotopic (exact) mass is 344 g/mol. The van der Waals surface area contributed by atoms with Crippen molar-refractivity contribution < 1.29 is 14.4 Å². The summed E-state index contributed by atoms with van der Waals surface area (Å²) < 4.78 is 3.42. The van der Waals surface area contributed by atoms with Crippen LogP contribution >= 0.6 is 0 Å². The van der Waals surface area contributed by atoms with Crippen molar-refractivity contribution in [3.8, 4) is 0 Å². The quantitative estimate of drug-likeness (QED) is 0.786. The molecule has 0 saturated carbocycles. The van der Waals surface area contributed by atoms with E-state index in [-0.39, 0.29) is 18.4 Å². The van der Waals surface area contributed by atoms with Crippen LogP contribution in [0, 0.1) is 0 Å². The molecule has 25 heavy (non-hydrogen) atoms. The molecule has 2 aromatic heterocycles. The predicted octanol–water partition coefficient (Wildman–Crippen LogP) is 0.368. The average Bonchev–Trinajstić information content (AvgIpc) is 3.29. The van der Waals surface area contributed by atoms with Crippen molar-refractivity contribution in [3.05, 3.63) is 36.2 Å². The normalized spacial score (nSPS) is 20.4. The molecule has 4 rings (SSSR count). The highest BCUT2D eigenvalue weighted by Gasteiger charge is 2.37. The van der Waals surface area contributed by atoms with E-state index in [4.69, 9.17) is 4.84 Å². The standard InChI is InChI=1S/C16H20N6O3/c1-19-9-13(17-11-19)15(23)20-8-12-4-5-18-22(12)14(10-20)16(24)21-6-2-3-7-25-21/h4-5,9,11,14H,2-3,6-8,10H2,1H3/t14-/m0/s1. The Kier molecular flexibility index (Phi) is 4.00. The highest BCUT2D eigenvalue weighted by molar-refractivity contribution is 5.92. The fourth-order valence-corrected chi connectivity index (χ4v) is 3.25. The molecule has 0 bridgehead atoms. The second kappa shape index (κ2) is 6.32. The van der Waals surface area contributed by atoms with Gasteiger partial charge in [-0.3, -0.25) is 19.1 Å². The van der Waals surface area contributed by atoms with E-state index in [1.807, 2.05) is 13.1 Å². The number of hydroxylamine groups is 2. The Morgan fingerprint density at radius 3 is 2.92 bits per heavy atom. The van der Waals surface area contributed by atoms with Crippen LogP contribution in [0.3, 0.4) is 0 Å². The maximum absolute atomic E-state index is 12.9.